The van der Waals surface area contributed by atoms with Crippen LogP contribution in [0.3, 0.4) is 0 Å². The number of carbonyl (C=O) groups excluding carboxylic acids is 1. The van der Waals surface area contributed by atoms with E-state index in [1.807, 2.05) is 0 Å². The Kier molecular flexibility index (Phi) is 7.86. The highest BCUT2D eigenvalue weighted by Crippen LogP contribution is 2.29. The molecule has 1 rings (SSSR count). The Morgan fingerprint density at radius 3 is 2.55 bits per heavy atom. The predicted octanol–water partition coefficient (Wildman–Crippen LogP) is 1.64. The lowest BCUT2D eigenvalue weighted by Gasteiger charge is -2.17. The van der Waals surface area contributed by atoms with Crippen LogP contribution < -0.4 is 15.2 Å². The van der Waals surface area contributed by atoms with E-state index in [4.69, 9.17) is 10.5 Å². The number of methoxy groups -OCH3 is 1. The Hall–Kier alpha value is -1.60. The number of alkyl halides is 2. The number of amides is 1. The number of carbonyl (C=O) groups is 1. The van der Waals surface area contributed by atoms with Crippen LogP contribution >= 0.6 is 12.4 Å². The quantitative estimate of drug-likeness (QED) is 0.867. The first-order valence-electron chi connectivity index (χ1n) is 5.53. The number of ether oxygens (including phenoxy) is 2. The fourth-order valence-corrected chi connectivity index (χ4v) is 1.53. The summed E-state index contributed by atoms with van der Waals surface area (Å²) in [6.07, 6.45) is 0. The lowest BCUT2D eigenvalue weighted by molar-refractivity contribution is -0.128. The van der Waals surface area contributed by atoms with Crippen molar-refractivity contribution in [3.05, 3.63) is 23.8 Å². The third-order valence-electron chi connectivity index (χ3n) is 2.46. The number of nitrogens with zero attached hydrogens (tertiary/aromatic N) is 1. The molecule has 20 heavy (non-hydrogen) atoms. The first-order chi connectivity index (χ1) is 8.97. The Balaban J connectivity index is 0.00000361. The van der Waals surface area contributed by atoms with Crippen LogP contribution in [-0.2, 0) is 11.3 Å². The number of hydrogen-bond acceptors (Lipinski definition) is 4. The minimum Gasteiger partial charge on any atom is -0.493 e. The van der Waals surface area contributed by atoms with Gasteiger partial charge in [0.15, 0.2) is 11.5 Å². The summed E-state index contributed by atoms with van der Waals surface area (Å²) in [7, 11) is 2.93. The van der Waals surface area contributed by atoms with Gasteiger partial charge in [0.1, 0.15) is 0 Å². The van der Waals surface area contributed by atoms with Crippen LogP contribution in [0.25, 0.3) is 0 Å². The van der Waals surface area contributed by atoms with Gasteiger partial charge in [-0.1, -0.05) is 6.07 Å². The highest BCUT2D eigenvalue weighted by atomic mass is 35.5. The first-order valence-corrected chi connectivity index (χ1v) is 5.53. The van der Waals surface area contributed by atoms with Crippen molar-refractivity contribution in [1.29, 1.82) is 0 Å². The second kappa shape index (κ2) is 8.55. The van der Waals surface area contributed by atoms with E-state index in [9.17, 15) is 13.6 Å². The summed E-state index contributed by atoms with van der Waals surface area (Å²) in [6.45, 7) is -2.79. The highest BCUT2D eigenvalue weighted by Gasteiger charge is 2.13. The van der Waals surface area contributed by atoms with E-state index in [-0.39, 0.29) is 42.9 Å². The number of rotatable bonds is 6. The van der Waals surface area contributed by atoms with Gasteiger partial charge in [-0.25, -0.2) is 0 Å². The van der Waals surface area contributed by atoms with Crippen molar-refractivity contribution in [2.24, 2.45) is 5.73 Å². The smallest absolute Gasteiger partial charge is 0.387 e. The molecular formula is C12H17ClF2N2O3. The van der Waals surface area contributed by atoms with Gasteiger partial charge in [0.2, 0.25) is 5.91 Å². The summed E-state index contributed by atoms with van der Waals surface area (Å²) >= 11 is 0. The number of benzene rings is 1. The minimum absolute atomic E-state index is 0. The summed E-state index contributed by atoms with van der Waals surface area (Å²) < 4.78 is 33.8. The van der Waals surface area contributed by atoms with Crippen LogP contribution in [0, 0.1) is 0 Å². The summed E-state index contributed by atoms with van der Waals surface area (Å²) in [6, 6.07) is 4.58. The Bertz CT molecular complexity index is 447. The van der Waals surface area contributed by atoms with Gasteiger partial charge in [0.25, 0.3) is 0 Å². The van der Waals surface area contributed by atoms with Gasteiger partial charge >= 0.3 is 6.61 Å². The van der Waals surface area contributed by atoms with E-state index in [2.05, 4.69) is 4.74 Å². The molecule has 0 saturated heterocycles. The molecule has 0 aliphatic rings. The van der Waals surface area contributed by atoms with Gasteiger partial charge in [0.05, 0.1) is 13.7 Å². The van der Waals surface area contributed by atoms with Crippen molar-refractivity contribution in [2.75, 3.05) is 20.7 Å². The average molecular weight is 311 g/mol. The maximum Gasteiger partial charge on any atom is 0.387 e. The second-order valence-electron chi connectivity index (χ2n) is 3.82. The SMILES string of the molecule is COc1ccc(CN(C)C(=O)CN)cc1OC(F)F.Cl. The van der Waals surface area contributed by atoms with Crippen molar-refractivity contribution < 1.29 is 23.0 Å². The molecule has 0 fully saturated rings. The third-order valence-corrected chi connectivity index (χ3v) is 2.46. The Morgan fingerprint density at radius 2 is 2.05 bits per heavy atom. The molecule has 0 heterocycles. The van der Waals surface area contributed by atoms with Crippen LogP contribution in [0.15, 0.2) is 18.2 Å². The molecule has 0 aromatic heterocycles. The van der Waals surface area contributed by atoms with Gasteiger partial charge in [-0.15, -0.1) is 12.4 Å². The zero-order valence-corrected chi connectivity index (χ0v) is 12.0. The summed E-state index contributed by atoms with van der Waals surface area (Å²) in [5.74, 6) is -0.104. The summed E-state index contributed by atoms with van der Waals surface area (Å²) in [5.41, 5.74) is 5.87. The second-order valence-corrected chi connectivity index (χ2v) is 3.82. The molecule has 5 nitrogen and oxygen atoms in total. The van der Waals surface area contributed by atoms with Crippen LogP contribution in [0.4, 0.5) is 8.78 Å². The van der Waals surface area contributed by atoms with Crippen LogP contribution in [0.2, 0.25) is 0 Å². The van der Waals surface area contributed by atoms with Crippen LogP contribution in [0.5, 0.6) is 11.5 Å². The highest BCUT2D eigenvalue weighted by molar-refractivity contribution is 5.85. The topological polar surface area (TPSA) is 64.8 Å². The Morgan fingerprint density at radius 1 is 1.40 bits per heavy atom. The van der Waals surface area contributed by atoms with Gasteiger partial charge in [0, 0.05) is 13.6 Å². The third kappa shape index (κ3) is 5.18. The molecule has 0 bridgehead atoms. The van der Waals surface area contributed by atoms with Gasteiger partial charge in [-0.3, -0.25) is 4.79 Å². The van der Waals surface area contributed by atoms with Gasteiger partial charge < -0.3 is 20.1 Å². The predicted molar refractivity (Wildman–Crippen MR) is 72.4 cm³/mol. The average Bonchev–Trinajstić information content (AvgIpc) is 2.37. The number of hydrogen-bond donors (Lipinski definition) is 1. The Labute approximate surface area is 122 Å². The number of halogens is 3. The van der Waals surface area contributed by atoms with Gasteiger partial charge in [-0.2, -0.15) is 8.78 Å². The molecule has 8 heteroatoms. The largest absolute Gasteiger partial charge is 0.493 e. The molecule has 0 unspecified atom stereocenters. The van der Waals surface area contributed by atoms with Crippen molar-refractivity contribution in [2.45, 2.75) is 13.2 Å². The normalized spacial score (nSPS) is 9.90. The first kappa shape index (κ1) is 18.4. The number of likely N-dealkylation sites (N-methyl/N-ethyl adjacent to an activating group) is 1. The zero-order chi connectivity index (χ0) is 14.4. The van der Waals surface area contributed by atoms with Crippen molar-refractivity contribution in [3.8, 4) is 11.5 Å². The molecule has 0 spiro atoms. The molecule has 0 saturated carbocycles. The van der Waals surface area contributed by atoms with E-state index in [1.54, 1.807) is 13.1 Å². The van der Waals surface area contributed by atoms with E-state index in [1.165, 1.54) is 24.1 Å². The van der Waals surface area contributed by atoms with Crippen molar-refractivity contribution in [3.63, 3.8) is 0 Å². The van der Waals surface area contributed by atoms with E-state index in [0.29, 0.717) is 5.56 Å². The standard InChI is InChI=1S/C12H16F2N2O3.ClH/c1-16(11(17)6-15)7-8-3-4-9(18-2)10(5-8)19-12(13)14;/h3-5,12H,6-7,15H2,1-2H3;1H. The molecule has 0 aliphatic carbocycles. The molecular weight excluding hydrogens is 294 g/mol. The minimum atomic E-state index is -2.94. The maximum absolute atomic E-state index is 12.3. The molecule has 1 aromatic carbocycles. The van der Waals surface area contributed by atoms with E-state index in [0.717, 1.165) is 0 Å². The van der Waals surface area contributed by atoms with Crippen molar-refractivity contribution in [1.82, 2.24) is 4.90 Å². The lowest BCUT2D eigenvalue weighted by atomic mass is 10.2. The molecule has 2 N–H and O–H groups in total. The monoisotopic (exact) mass is 310 g/mol. The molecule has 1 aromatic rings. The lowest BCUT2D eigenvalue weighted by Crippen LogP contribution is -2.32. The number of nitrogens with two attached hydrogens (primary N) is 1. The molecule has 0 radical (unpaired) electrons. The molecule has 1 amide bonds. The summed E-state index contributed by atoms with van der Waals surface area (Å²) in [4.78, 5) is 12.7. The molecule has 0 atom stereocenters. The fourth-order valence-electron chi connectivity index (χ4n) is 1.53. The van der Waals surface area contributed by atoms with Crippen LogP contribution in [0.1, 0.15) is 5.56 Å². The maximum atomic E-state index is 12.3. The summed E-state index contributed by atoms with van der Waals surface area (Å²) in [5, 5.41) is 0. The van der Waals surface area contributed by atoms with Crippen LogP contribution in [-0.4, -0.2) is 38.1 Å². The molecule has 114 valence electrons. The van der Waals surface area contributed by atoms with E-state index >= 15 is 0 Å². The fraction of sp³-hybridized carbons (Fsp3) is 0.417. The zero-order valence-electron chi connectivity index (χ0n) is 11.1. The van der Waals surface area contributed by atoms with E-state index < -0.39 is 6.61 Å². The molecule has 0 aliphatic heterocycles. The van der Waals surface area contributed by atoms with Gasteiger partial charge in [-0.05, 0) is 17.7 Å². The van der Waals surface area contributed by atoms with Crippen molar-refractivity contribution >= 4 is 18.3 Å².